The summed E-state index contributed by atoms with van der Waals surface area (Å²) in [5.41, 5.74) is 5.04. The summed E-state index contributed by atoms with van der Waals surface area (Å²) in [7, 11) is 0. The van der Waals surface area contributed by atoms with Crippen LogP contribution in [0.25, 0.3) is 11.1 Å². The van der Waals surface area contributed by atoms with E-state index in [1.54, 1.807) is 11.0 Å². The van der Waals surface area contributed by atoms with Crippen molar-refractivity contribution in [3.05, 3.63) is 114 Å². The van der Waals surface area contributed by atoms with Crippen LogP contribution in [0, 0.1) is 0 Å². The van der Waals surface area contributed by atoms with Crippen molar-refractivity contribution in [2.75, 3.05) is 0 Å². The first-order chi connectivity index (χ1) is 12.4. The Hall–Kier alpha value is -3.33. The van der Waals surface area contributed by atoms with E-state index in [9.17, 15) is 0 Å². The summed E-state index contributed by atoms with van der Waals surface area (Å²) < 4.78 is 0. The van der Waals surface area contributed by atoms with E-state index in [4.69, 9.17) is 4.84 Å². The molecule has 0 saturated carbocycles. The van der Waals surface area contributed by atoms with E-state index < -0.39 is 5.60 Å². The molecule has 0 saturated heterocycles. The van der Waals surface area contributed by atoms with Gasteiger partial charge in [-0.1, -0.05) is 78.9 Å². The topological polar surface area (TPSA) is 27.1 Å². The highest BCUT2D eigenvalue weighted by Crippen LogP contribution is 2.51. The number of aromatic nitrogens is 2. The minimum absolute atomic E-state index is 0.722. The fraction of sp³-hybridized carbons (Fsp3) is 0.0455. The summed E-state index contributed by atoms with van der Waals surface area (Å²) in [6.07, 6.45) is 3.56. The predicted molar refractivity (Wildman–Crippen MR) is 97.0 cm³/mol. The van der Waals surface area contributed by atoms with E-state index in [2.05, 4.69) is 65.8 Å². The molecule has 0 atom stereocenters. The summed E-state index contributed by atoms with van der Waals surface area (Å²) in [5.74, 6) is 0. The van der Waals surface area contributed by atoms with E-state index in [1.807, 2.05) is 30.5 Å². The molecule has 1 heterocycles. The van der Waals surface area contributed by atoms with Gasteiger partial charge in [-0.05, 0) is 17.2 Å². The summed E-state index contributed by atoms with van der Waals surface area (Å²) in [6, 6.07) is 29.1. The first-order valence-corrected chi connectivity index (χ1v) is 8.34. The van der Waals surface area contributed by atoms with E-state index in [1.165, 1.54) is 11.1 Å². The van der Waals surface area contributed by atoms with Crippen molar-refractivity contribution in [1.82, 2.24) is 9.94 Å². The Morgan fingerprint density at radius 3 is 1.88 bits per heavy atom. The molecule has 1 aromatic heterocycles. The fourth-order valence-corrected chi connectivity index (χ4v) is 3.78. The lowest BCUT2D eigenvalue weighted by Gasteiger charge is -2.32. The van der Waals surface area contributed by atoms with Crippen LogP contribution in [-0.2, 0) is 5.60 Å². The quantitative estimate of drug-likeness (QED) is 0.562. The number of rotatable bonds is 3. The van der Waals surface area contributed by atoms with Gasteiger partial charge in [0.25, 0.3) is 0 Å². The number of nitrogens with zero attached hydrogens (tertiary/aromatic N) is 2. The Labute approximate surface area is 146 Å². The summed E-state index contributed by atoms with van der Waals surface area (Å²) >= 11 is 0. The van der Waals surface area contributed by atoms with Gasteiger partial charge in [0, 0.05) is 16.7 Å². The van der Waals surface area contributed by atoms with Crippen molar-refractivity contribution >= 4 is 0 Å². The van der Waals surface area contributed by atoms with Gasteiger partial charge in [0.2, 0.25) is 5.60 Å². The van der Waals surface area contributed by atoms with Gasteiger partial charge in [0.15, 0.2) is 0 Å². The minimum Gasteiger partial charge on any atom is -0.376 e. The van der Waals surface area contributed by atoms with Gasteiger partial charge in [0.1, 0.15) is 0 Å². The van der Waals surface area contributed by atoms with Crippen LogP contribution in [0.2, 0.25) is 0 Å². The smallest absolute Gasteiger partial charge is 0.213 e. The number of hydrogen-bond donors (Lipinski definition) is 0. The normalized spacial score (nSPS) is 13.9. The summed E-state index contributed by atoms with van der Waals surface area (Å²) in [6.45, 7) is 0. The molecule has 3 nitrogen and oxygen atoms in total. The van der Waals surface area contributed by atoms with Gasteiger partial charge in [-0.15, -0.1) is 9.94 Å². The van der Waals surface area contributed by atoms with E-state index in [0.717, 1.165) is 16.7 Å². The SMILES string of the molecule is c1ccc(C2(On3cccn3)c3ccccc3-c3ccccc32)cc1. The zero-order chi connectivity index (χ0) is 16.7. The maximum Gasteiger partial charge on any atom is 0.213 e. The van der Waals surface area contributed by atoms with Gasteiger partial charge >= 0.3 is 0 Å². The Morgan fingerprint density at radius 2 is 1.28 bits per heavy atom. The average molecular weight is 324 g/mol. The highest BCUT2D eigenvalue weighted by atomic mass is 16.7. The molecule has 120 valence electrons. The van der Waals surface area contributed by atoms with Gasteiger partial charge in [-0.25, -0.2) is 0 Å². The molecule has 0 amide bonds. The van der Waals surface area contributed by atoms with Crippen LogP contribution in [0.4, 0.5) is 0 Å². The number of benzene rings is 3. The molecule has 4 aromatic rings. The molecule has 1 aliphatic carbocycles. The number of hydrogen-bond acceptors (Lipinski definition) is 2. The molecular formula is C22H16N2O. The molecule has 0 aliphatic heterocycles. The van der Waals surface area contributed by atoms with Crippen molar-refractivity contribution in [1.29, 1.82) is 0 Å². The molecule has 3 aromatic carbocycles. The Morgan fingerprint density at radius 1 is 0.680 bits per heavy atom. The van der Waals surface area contributed by atoms with Crippen LogP contribution in [0.5, 0.6) is 0 Å². The largest absolute Gasteiger partial charge is 0.376 e. The molecule has 0 N–H and O–H groups in total. The van der Waals surface area contributed by atoms with E-state index in [-0.39, 0.29) is 0 Å². The minimum atomic E-state index is -0.722. The van der Waals surface area contributed by atoms with Crippen LogP contribution in [0.15, 0.2) is 97.3 Å². The van der Waals surface area contributed by atoms with Crippen molar-refractivity contribution in [3.8, 4) is 11.1 Å². The molecule has 5 rings (SSSR count). The molecule has 0 spiro atoms. The Balaban J connectivity index is 1.87. The first-order valence-electron chi connectivity index (χ1n) is 8.34. The monoisotopic (exact) mass is 324 g/mol. The zero-order valence-electron chi connectivity index (χ0n) is 13.5. The molecule has 25 heavy (non-hydrogen) atoms. The van der Waals surface area contributed by atoms with Crippen LogP contribution in [-0.4, -0.2) is 9.94 Å². The van der Waals surface area contributed by atoms with E-state index >= 15 is 0 Å². The zero-order valence-corrected chi connectivity index (χ0v) is 13.5. The standard InChI is InChI=1S/C22H16N2O/c1-2-9-17(10-3-1)22(25-24-16-8-15-23-24)20-13-6-4-11-18(20)19-12-5-7-14-21(19)22/h1-16H. The van der Waals surface area contributed by atoms with Crippen molar-refractivity contribution < 1.29 is 4.84 Å². The predicted octanol–water partition coefficient (Wildman–Crippen LogP) is 4.28. The molecule has 0 radical (unpaired) electrons. The summed E-state index contributed by atoms with van der Waals surface area (Å²) in [5, 5.41) is 4.29. The van der Waals surface area contributed by atoms with E-state index in [0.29, 0.717) is 0 Å². The maximum absolute atomic E-state index is 6.55. The lowest BCUT2D eigenvalue weighted by Crippen LogP contribution is -2.39. The Bertz CT molecular complexity index is 977. The third kappa shape index (κ3) is 1.96. The Kier molecular flexibility index (Phi) is 3.01. The molecular weight excluding hydrogens is 308 g/mol. The van der Waals surface area contributed by atoms with Crippen LogP contribution in [0.3, 0.4) is 0 Å². The second-order valence-corrected chi connectivity index (χ2v) is 6.14. The van der Waals surface area contributed by atoms with Gasteiger partial charge in [0.05, 0.1) is 12.4 Å². The van der Waals surface area contributed by atoms with Crippen LogP contribution in [0.1, 0.15) is 16.7 Å². The molecule has 0 bridgehead atoms. The number of fused-ring (bicyclic) bond motifs is 3. The molecule has 3 heteroatoms. The highest BCUT2D eigenvalue weighted by molar-refractivity contribution is 5.82. The third-order valence-corrected chi connectivity index (χ3v) is 4.79. The van der Waals surface area contributed by atoms with Gasteiger partial charge in [-0.2, -0.15) is 0 Å². The van der Waals surface area contributed by atoms with Crippen molar-refractivity contribution in [2.45, 2.75) is 5.60 Å². The molecule has 0 unspecified atom stereocenters. The van der Waals surface area contributed by atoms with Crippen LogP contribution >= 0.6 is 0 Å². The van der Waals surface area contributed by atoms with Crippen molar-refractivity contribution in [3.63, 3.8) is 0 Å². The summed E-state index contributed by atoms with van der Waals surface area (Å²) in [4.78, 5) is 8.10. The third-order valence-electron chi connectivity index (χ3n) is 4.79. The lowest BCUT2D eigenvalue weighted by atomic mass is 9.84. The fourth-order valence-electron chi connectivity index (χ4n) is 3.78. The first kappa shape index (κ1) is 14.1. The second-order valence-electron chi connectivity index (χ2n) is 6.14. The van der Waals surface area contributed by atoms with Crippen molar-refractivity contribution in [2.24, 2.45) is 0 Å². The van der Waals surface area contributed by atoms with Gasteiger partial charge < -0.3 is 4.84 Å². The second kappa shape index (κ2) is 5.35. The van der Waals surface area contributed by atoms with Gasteiger partial charge in [-0.3, -0.25) is 0 Å². The molecule has 1 aliphatic rings. The average Bonchev–Trinajstić information content (AvgIpc) is 3.29. The lowest BCUT2D eigenvalue weighted by molar-refractivity contribution is -0.0179. The highest BCUT2D eigenvalue weighted by Gasteiger charge is 2.47. The van der Waals surface area contributed by atoms with Crippen LogP contribution < -0.4 is 4.84 Å². The maximum atomic E-state index is 6.55. The molecule has 0 fully saturated rings.